The van der Waals surface area contributed by atoms with Crippen molar-refractivity contribution in [3.63, 3.8) is 0 Å². The van der Waals surface area contributed by atoms with Gasteiger partial charge in [0, 0.05) is 23.1 Å². The van der Waals surface area contributed by atoms with E-state index in [1.165, 1.54) is 0 Å². The van der Waals surface area contributed by atoms with Crippen molar-refractivity contribution in [2.45, 2.75) is 52.2 Å². The van der Waals surface area contributed by atoms with Crippen LogP contribution < -0.4 is 4.74 Å². The van der Waals surface area contributed by atoms with Crippen LogP contribution in [0.2, 0.25) is 0 Å². The molecule has 0 saturated heterocycles. The van der Waals surface area contributed by atoms with E-state index in [0.29, 0.717) is 28.9 Å². The Labute approximate surface area is 164 Å². The lowest BCUT2D eigenvalue weighted by atomic mass is 9.91. The molecule has 0 amide bonds. The van der Waals surface area contributed by atoms with Gasteiger partial charge in [-0.3, -0.25) is 4.79 Å². The minimum Gasteiger partial charge on any atom is -0.507 e. The molecule has 28 heavy (non-hydrogen) atoms. The molecule has 1 heterocycles. The first-order valence-corrected chi connectivity index (χ1v) is 9.33. The fraction of sp³-hybridized carbons (Fsp3) is 0.348. The third-order valence-electron chi connectivity index (χ3n) is 5.01. The highest BCUT2D eigenvalue weighted by atomic mass is 16.5. The Hall–Kier alpha value is -2.79. The number of benzene rings is 2. The van der Waals surface area contributed by atoms with Crippen LogP contribution in [0.1, 0.15) is 54.7 Å². The van der Waals surface area contributed by atoms with E-state index in [-0.39, 0.29) is 23.5 Å². The number of carbonyl (C=O) groups is 1. The Morgan fingerprint density at radius 1 is 1.18 bits per heavy atom. The second kappa shape index (κ2) is 7.32. The van der Waals surface area contributed by atoms with Crippen LogP contribution in [0.15, 0.2) is 42.0 Å². The fourth-order valence-electron chi connectivity index (χ4n) is 3.35. The molecule has 3 N–H and O–H groups in total. The van der Waals surface area contributed by atoms with Gasteiger partial charge in [-0.15, -0.1) is 0 Å². The van der Waals surface area contributed by atoms with Crippen molar-refractivity contribution in [2.75, 3.05) is 0 Å². The van der Waals surface area contributed by atoms with E-state index in [0.717, 1.165) is 5.57 Å². The van der Waals surface area contributed by atoms with Crippen molar-refractivity contribution >= 4 is 5.78 Å². The van der Waals surface area contributed by atoms with Gasteiger partial charge in [-0.2, -0.15) is 0 Å². The molecule has 0 aliphatic carbocycles. The molecule has 0 fully saturated rings. The van der Waals surface area contributed by atoms with Crippen LogP contribution in [0.3, 0.4) is 0 Å². The number of hydrogen-bond donors (Lipinski definition) is 3. The summed E-state index contributed by atoms with van der Waals surface area (Å²) < 4.78 is 5.93. The van der Waals surface area contributed by atoms with Gasteiger partial charge >= 0.3 is 0 Å². The summed E-state index contributed by atoms with van der Waals surface area (Å²) >= 11 is 0. The SMILES string of the molecule is CC(C)=CCc1c(O)c(C(=O)c2ccccc2)c(O)c2c1O[C@@H](C(C)(C)O)C2. The summed E-state index contributed by atoms with van der Waals surface area (Å²) in [6.45, 7) is 7.14. The largest absolute Gasteiger partial charge is 0.507 e. The number of phenolic OH excluding ortho intramolecular Hbond substituents is 2. The van der Waals surface area contributed by atoms with Gasteiger partial charge in [0.25, 0.3) is 0 Å². The molecular weight excluding hydrogens is 356 g/mol. The number of fused-ring (bicyclic) bond motifs is 1. The lowest BCUT2D eigenvalue weighted by Crippen LogP contribution is -2.39. The molecule has 0 bridgehead atoms. The van der Waals surface area contributed by atoms with Crippen molar-refractivity contribution in [3.8, 4) is 17.2 Å². The Morgan fingerprint density at radius 2 is 1.82 bits per heavy atom. The van der Waals surface area contributed by atoms with Gasteiger partial charge in [-0.05, 0) is 34.1 Å². The molecule has 0 unspecified atom stereocenters. The zero-order chi connectivity index (χ0) is 20.6. The van der Waals surface area contributed by atoms with Crippen LogP contribution in [0.25, 0.3) is 0 Å². The van der Waals surface area contributed by atoms with E-state index >= 15 is 0 Å². The highest BCUT2D eigenvalue weighted by Gasteiger charge is 2.40. The number of rotatable bonds is 5. The first-order valence-electron chi connectivity index (χ1n) is 9.33. The third kappa shape index (κ3) is 3.62. The van der Waals surface area contributed by atoms with Gasteiger partial charge in [-0.25, -0.2) is 0 Å². The van der Waals surface area contributed by atoms with Crippen molar-refractivity contribution in [1.29, 1.82) is 0 Å². The van der Waals surface area contributed by atoms with Crippen LogP contribution in [0, 0.1) is 0 Å². The molecule has 1 aliphatic rings. The van der Waals surface area contributed by atoms with E-state index in [4.69, 9.17) is 4.74 Å². The van der Waals surface area contributed by atoms with Gasteiger partial charge in [0.05, 0.1) is 5.60 Å². The maximum Gasteiger partial charge on any atom is 0.200 e. The maximum absolute atomic E-state index is 13.0. The molecule has 3 rings (SSSR count). The summed E-state index contributed by atoms with van der Waals surface area (Å²) in [7, 11) is 0. The summed E-state index contributed by atoms with van der Waals surface area (Å²) in [5.74, 6) is -0.666. The zero-order valence-corrected chi connectivity index (χ0v) is 16.6. The number of hydrogen-bond acceptors (Lipinski definition) is 5. The highest BCUT2D eigenvalue weighted by Crippen LogP contribution is 2.49. The number of allylic oxidation sites excluding steroid dienone is 2. The lowest BCUT2D eigenvalue weighted by molar-refractivity contribution is -0.0232. The normalized spacial score (nSPS) is 15.7. The Morgan fingerprint density at radius 3 is 2.39 bits per heavy atom. The first-order chi connectivity index (χ1) is 13.1. The third-order valence-corrected chi connectivity index (χ3v) is 5.01. The molecule has 0 aromatic heterocycles. The lowest BCUT2D eigenvalue weighted by Gasteiger charge is -2.25. The molecular formula is C23H26O5. The molecule has 2 aromatic carbocycles. The van der Waals surface area contributed by atoms with E-state index in [2.05, 4.69) is 0 Å². The second-order valence-corrected chi connectivity index (χ2v) is 8.00. The summed E-state index contributed by atoms with van der Waals surface area (Å²) in [6, 6.07) is 8.53. The molecule has 148 valence electrons. The van der Waals surface area contributed by atoms with Gasteiger partial charge in [0.15, 0.2) is 0 Å². The quantitative estimate of drug-likeness (QED) is 0.539. The van der Waals surface area contributed by atoms with Crippen LogP contribution in [0.5, 0.6) is 17.2 Å². The Bertz CT molecular complexity index is 932. The van der Waals surface area contributed by atoms with E-state index in [1.54, 1.807) is 44.2 Å². The second-order valence-electron chi connectivity index (χ2n) is 8.00. The number of phenols is 2. The number of aliphatic hydroxyl groups is 1. The average Bonchev–Trinajstić information content (AvgIpc) is 3.08. The topological polar surface area (TPSA) is 87.0 Å². The van der Waals surface area contributed by atoms with Crippen molar-refractivity contribution in [1.82, 2.24) is 0 Å². The number of carbonyl (C=O) groups excluding carboxylic acids is 1. The standard InChI is InChI=1S/C23H26O5/c1-13(2)10-11-15-20(25)18(19(24)14-8-6-5-7-9-14)21(26)16-12-17(23(3,4)27)28-22(15)16/h5-10,17,25-27H,11-12H2,1-4H3/t17-/m1/s1. The van der Waals surface area contributed by atoms with Gasteiger partial charge < -0.3 is 20.1 Å². The predicted octanol–water partition coefficient (Wildman–Crippen LogP) is 3.91. The molecule has 0 spiro atoms. The molecule has 1 aliphatic heterocycles. The smallest absolute Gasteiger partial charge is 0.200 e. The minimum atomic E-state index is -1.14. The molecule has 0 saturated carbocycles. The van der Waals surface area contributed by atoms with E-state index in [1.807, 2.05) is 19.9 Å². The van der Waals surface area contributed by atoms with Gasteiger partial charge in [-0.1, -0.05) is 42.0 Å². The summed E-state index contributed by atoms with van der Waals surface area (Å²) in [5.41, 5.74) is 1.05. The van der Waals surface area contributed by atoms with Crippen molar-refractivity contribution in [3.05, 3.63) is 64.2 Å². The van der Waals surface area contributed by atoms with Crippen molar-refractivity contribution in [2.24, 2.45) is 0 Å². The Balaban J connectivity index is 2.19. The predicted molar refractivity (Wildman–Crippen MR) is 107 cm³/mol. The summed E-state index contributed by atoms with van der Waals surface area (Å²) in [4.78, 5) is 13.0. The van der Waals surface area contributed by atoms with Crippen LogP contribution in [-0.2, 0) is 12.8 Å². The van der Waals surface area contributed by atoms with Gasteiger partial charge in [0.1, 0.15) is 28.9 Å². The van der Waals surface area contributed by atoms with Crippen LogP contribution >= 0.6 is 0 Å². The van der Waals surface area contributed by atoms with Crippen LogP contribution in [0.4, 0.5) is 0 Å². The fourth-order valence-corrected chi connectivity index (χ4v) is 3.35. The Kier molecular flexibility index (Phi) is 5.22. The number of ketones is 1. The number of ether oxygens (including phenoxy) is 1. The number of aromatic hydroxyl groups is 2. The molecule has 1 atom stereocenters. The minimum absolute atomic E-state index is 0.123. The highest BCUT2D eigenvalue weighted by molar-refractivity contribution is 6.13. The molecule has 5 nitrogen and oxygen atoms in total. The average molecular weight is 382 g/mol. The monoisotopic (exact) mass is 382 g/mol. The molecule has 5 heteroatoms. The molecule has 2 aromatic rings. The van der Waals surface area contributed by atoms with Crippen molar-refractivity contribution < 1.29 is 24.9 Å². The summed E-state index contributed by atoms with van der Waals surface area (Å²) in [6.07, 6.45) is 1.94. The van der Waals surface area contributed by atoms with Gasteiger partial charge in [0.2, 0.25) is 5.78 Å². The maximum atomic E-state index is 13.0. The molecule has 0 radical (unpaired) electrons. The van der Waals surface area contributed by atoms with E-state index < -0.39 is 17.5 Å². The van der Waals surface area contributed by atoms with E-state index in [9.17, 15) is 20.1 Å². The first kappa shape index (κ1) is 20.0. The summed E-state index contributed by atoms with van der Waals surface area (Å²) in [5, 5.41) is 32.1. The van der Waals surface area contributed by atoms with Crippen LogP contribution in [-0.4, -0.2) is 32.8 Å². The zero-order valence-electron chi connectivity index (χ0n) is 16.6.